The number of aliphatic hydroxyl groups excluding tert-OH is 1. The molecule has 4 heteroatoms. The molecule has 1 N–H and O–H groups in total. The Hall–Kier alpha value is -0.800. The normalized spacial score (nSPS) is 19.9. The molecule has 0 aliphatic carbocycles. The first-order valence-corrected chi connectivity index (χ1v) is 6.62. The topological polar surface area (TPSA) is 36.4 Å². The van der Waals surface area contributed by atoms with E-state index in [9.17, 15) is 5.11 Å². The van der Waals surface area contributed by atoms with Crippen LogP contribution in [0.5, 0.6) is 0 Å². The SMILES string of the molecule is CCCC1CCN(c2cc(CO)c(Cl)cn2)C1. The van der Waals surface area contributed by atoms with Crippen molar-refractivity contribution in [1.29, 1.82) is 0 Å². The number of aliphatic hydroxyl groups is 1. The van der Waals surface area contributed by atoms with Crippen LogP contribution in [-0.2, 0) is 6.61 Å². The predicted octanol–water partition coefficient (Wildman–Crippen LogP) is 2.85. The third-order valence-corrected chi connectivity index (χ3v) is 3.74. The molecule has 0 bridgehead atoms. The number of nitrogens with zero attached hydrogens (tertiary/aromatic N) is 2. The summed E-state index contributed by atoms with van der Waals surface area (Å²) in [7, 11) is 0. The van der Waals surface area contributed by atoms with Gasteiger partial charge in [-0.15, -0.1) is 0 Å². The summed E-state index contributed by atoms with van der Waals surface area (Å²) in [6.07, 6.45) is 5.41. The van der Waals surface area contributed by atoms with E-state index in [1.165, 1.54) is 19.3 Å². The molecule has 94 valence electrons. The van der Waals surface area contributed by atoms with Gasteiger partial charge in [-0.2, -0.15) is 0 Å². The minimum Gasteiger partial charge on any atom is -0.392 e. The van der Waals surface area contributed by atoms with E-state index in [4.69, 9.17) is 11.6 Å². The lowest BCUT2D eigenvalue weighted by Crippen LogP contribution is -2.21. The fourth-order valence-corrected chi connectivity index (χ4v) is 2.61. The molecule has 0 amide bonds. The zero-order chi connectivity index (χ0) is 12.3. The maximum absolute atomic E-state index is 9.19. The summed E-state index contributed by atoms with van der Waals surface area (Å²) in [6.45, 7) is 4.34. The highest BCUT2D eigenvalue weighted by Crippen LogP contribution is 2.27. The van der Waals surface area contributed by atoms with Crippen LogP contribution in [0.4, 0.5) is 5.82 Å². The van der Waals surface area contributed by atoms with Crippen molar-refractivity contribution in [3.8, 4) is 0 Å². The number of hydrogen-bond donors (Lipinski definition) is 1. The largest absolute Gasteiger partial charge is 0.392 e. The number of pyridine rings is 1. The minimum atomic E-state index is -0.0272. The van der Waals surface area contributed by atoms with Crippen LogP contribution < -0.4 is 4.90 Å². The first kappa shape index (κ1) is 12.7. The van der Waals surface area contributed by atoms with Gasteiger partial charge in [0.25, 0.3) is 0 Å². The van der Waals surface area contributed by atoms with E-state index in [0.717, 1.165) is 30.4 Å². The predicted molar refractivity (Wildman–Crippen MR) is 70.4 cm³/mol. The molecule has 0 aromatic carbocycles. The van der Waals surface area contributed by atoms with E-state index in [1.54, 1.807) is 6.20 Å². The molecule has 1 aliphatic heterocycles. The highest BCUT2D eigenvalue weighted by Gasteiger charge is 2.22. The van der Waals surface area contributed by atoms with Crippen LogP contribution in [0.3, 0.4) is 0 Å². The standard InChI is InChI=1S/C13H19ClN2O/c1-2-3-10-4-5-16(8-10)13-6-11(9-17)12(14)7-15-13/h6-7,10,17H,2-5,8-9H2,1H3. The lowest BCUT2D eigenvalue weighted by molar-refractivity contribution is 0.282. The van der Waals surface area contributed by atoms with E-state index in [0.29, 0.717) is 5.02 Å². The number of anilines is 1. The maximum atomic E-state index is 9.19. The Labute approximate surface area is 107 Å². The van der Waals surface area contributed by atoms with Gasteiger partial charge >= 0.3 is 0 Å². The van der Waals surface area contributed by atoms with E-state index in [1.807, 2.05) is 6.07 Å². The molecule has 17 heavy (non-hydrogen) atoms. The Balaban J connectivity index is 2.08. The van der Waals surface area contributed by atoms with E-state index >= 15 is 0 Å². The summed E-state index contributed by atoms with van der Waals surface area (Å²) in [5.41, 5.74) is 0.760. The lowest BCUT2D eigenvalue weighted by Gasteiger charge is -2.18. The summed E-state index contributed by atoms with van der Waals surface area (Å²) in [6, 6.07) is 1.90. The van der Waals surface area contributed by atoms with E-state index < -0.39 is 0 Å². The van der Waals surface area contributed by atoms with E-state index in [2.05, 4.69) is 16.8 Å². The molecule has 1 atom stereocenters. The fourth-order valence-electron chi connectivity index (χ4n) is 2.45. The van der Waals surface area contributed by atoms with Gasteiger partial charge in [-0.1, -0.05) is 24.9 Å². The van der Waals surface area contributed by atoms with E-state index in [-0.39, 0.29) is 6.61 Å². The molecule has 1 aromatic rings. The number of aromatic nitrogens is 1. The van der Waals surface area contributed by atoms with Gasteiger partial charge in [0.15, 0.2) is 0 Å². The molecule has 3 nitrogen and oxygen atoms in total. The second kappa shape index (κ2) is 5.69. The number of hydrogen-bond acceptors (Lipinski definition) is 3. The van der Waals surface area contributed by atoms with Gasteiger partial charge in [0.1, 0.15) is 5.82 Å². The molecule has 1 fully saturated rings. The monoisotopic (exact) mass is 254 g/mol. The van der Waals surface area contributed by atoms with Crippen molar-refractivity contribution in [2.75, 3.05) is 18.0 Å². The van der Waals surface area contributed by atoms with Crippen LogP contribution in [0.25, 0.3) is 0 Å². The van der Waals surface area contributed by atoms with Gasteiger partial charge in [0, 0.05) is 24.8 Å². The first-order valence-electron chi connectivity index (χ1n) is 6.24. The molecule has 0 saturated carbocycles. The van der Waals surface area contributed by atoms with Gasteiger partial charge in [0.05, 0.1) is 11.6 Å². The van der Waals surface area contributed by atoms with Crippen LogP contribution in [0.15, 0.2) is 12.3 Å². The first-order chi connectivity index (χ1) is 8.24. The zero-order valence-corrected chi connectivity index (χ0v) is 11.0. The quantitative estimate of drug-likeness (QED) is 0.898. The van der Waals surface area contributed by atoms with Crippen molar-refractivity contribution in [1.82, 2.24) is 4.98 Å². The molecular formula is C13H19ClN2O. The highest BCUT2D eigenvalue weighted by atomic mass is 35.5. The highest BCUT2D eigenvalue weighted by molar-refractivity contribution is 6.31. The number of halogens is 1. The summed E-state index contributed by atoms with van der Waals surface area (Å²) < 4.78 is 0. The molecule has 1 aromatic heterocycles. The van der Waals surface area contributed by atoms with Crippen molar-refractivity contribution < 1.29 is 5.11 Å². The molecule has 1 saturated heterocycles. The van der Waals surface area contributed by atoms with Crippen molar-refractivity contribution in [3.63, 3.8) is 0 Å². The Morgan fingerprint density at radius 2 is 2.41 bits per heavy atom. The fraction of sp³-hybridized carbons (Fsp3) is 0.615. The second-order valence-electron chi connectivity index (χ2n) is 4.68. The Morgan fingerprint density at radius 1 is 1.59 bits per heavy atom. The average Bonchev–Trinajstić information content (AvgIpc) is 2.79. The Bertz CT molecular complexity index is 384. The average molecular weight is 255 g/mol. The van der Waals surface area contributed by atoms with Gasteiger partial charge in [-0.25, -0.2) is 4.98 Å². The molecule has 2 heterocycles. The smallest absolute Gasteiger partial charge is 0.128 e. The molecule has 1 unspecified atom stereocenters. The molecule has 0 spiro atoms. The summed E-state index contributed by atoms with van der Waals surface area (Å²) in [5, 5.41) is 9.73. The van der Waals surface area contributed by atoms with Gasteiger partial charge in [0.2, 0.25) is 0 Å². The van der Waals surface area contributed by atoms with Crippen LogP contribution in [0.1, 0.15) is 31.7 Å². The number of rotatable bonds is 4. The Kier molecular flexibility index (Phi) is 4.24. The maximum Gasteiger partial charge on any atom is 0.128 e. The summed E-state index contributed by atoms with van der Waals surface area (Å²) >= 11 is 5.94. The summed E-state index contributed by atoms with van der Waals surface area (Å²) in [5.74, 6) is 1.73. The van der Waals surface area contributed by atoms with Crippen molar-refractivity contribution in [2.45, 2.75) is 32.8 Å². The zero-order valence-electron chi connectivity index (χ0n) is 10.2. The van der Waals surface area contributed by atoms with Crippen LogP contribution in [0, 0.1) is 5.92 Å². The van der Waals surface area contributed by atoms with Crippen molar-refractivity contribution in [3.05, 3.63) is 22.8 Å². The molecule has 1 aliphatic rings. The summed E-state index contributed by atoms with van der Waals surface area (Å²) in [4.78, 5) is 6.63. The lowest BCUT2D eigenvalue weighted by atomic mass is 10.0. The van der Waals surface area contributed by atoms with Gasteiger partial charge < -0.3 is 10.0 Å². The van der Waals surface area contributed by atoms with Crippen molar-refractivity contribution >= 4 is 17.4 Å². The third kappa shape index (κ3) is 2.90. The molecular weight excluding hydrogens is 236 g/mol. The minimum absolute atomic E-state index is 0.0272. The molecule has 2 rings (SSSR count). The third-order valence-electron chi connectivity index (χ3n) is 3.40. The van der Waals surface area contributed by atoms with Crippen LogP contribution >= 0.6 is 11.6 Å². The van der Waals surface area contributed by atoms with Gasteiger partial charge in [-0.3, -0.25) is 0 Å². The van der Waals surface area contributed by atoms with Crippen molar-refractivity contribution in [2.24, 2.45) is 5.92 Å². The van der Waals surface area contributed by atoms with Gasteiger partial charge in [-0.05, 0) is 24.8 Å². The van der Waals surface area contributed by atoms with Crippen LogP contribution in [0.2, 0.25) is 5.02 Å². The second-order valence-corrected chi connectivity index (χ2v) is 5.09. The molecule has 0 radical (unpaired) electrons. The Morgan fingerprint density at radius 3 is 3.12 bits per heavy atom. The van der Waals surface area contributed by atoms with Crippen LogP contribution in [-0.4, -0.2) is 23.2 Å².